The lowest BCUT2D eigenvalue weighted by Crippen LogP contribution is -2.50. The summed E-state index contributed by atoms with van der Waals surface area (Å²) in [5.74, 6) is -0.0807. The molecule has 2 aromatic carbocycles. The first-order chi connectivity index (χ1) is 18.7. The molecule has 39 heavy (non-hydrogen) atoms. The quantitative estimate of drug-likeness (QED) is 0.353. The van der Waals surface area contributed by atoms with Crippen molar-refractivity contribution in [2.75, 3.05) is 35.3 Å². The molecule has 2 heterocycles. The monoisotopic (exact) mass is 556 g/mol. The minimum atomic E-state index is -3.22. The van der Waals surface area contributed by atoms with E-state index in [1.54, 1.807) is 12.1 Å². The third-order valence-electron chi connectivity index (χ3n) is 7.86. The molecule has 10 heteroatoms. The van der Waals surface area contributed by atoms with Gasteiger partial charge >= 0.3 is 0 Å². The van der Waals surface area contributed by atoms with E-state index >= 15 is 0 Å². The van der Waals surface area contributed by atoms with Crippen LogP contribution in [0.2, 0.25) is 0 Å². The molecule has 0 spiro atoms. The second kappa shape index (κ2) is 11.9. The molecule has 0 bridgehead atoms. The number of halogens is 1. The molecule has 1 amide bonds. The first kappa shape index (κ1) is 27.4. The standard InChI is InChI=1S/C29H37FN4O4S/c1-39(36,37)16-14-23(19-34-15-13-21-18-22(30)11-12-26(21)34)31-28(35)25(17-20-7-3-2-4-8-20)33-29-32-24-9-5-6-10-27(24)38-29/h5-6,9-12,18,20,23,25H,2-4,7-8,13-17,19H2,1H3,(H,31,35)(H,32,33). The van der Waals surface area contributed by atoms with E-state index in [-0.39, 0.29) is 23.9 Å². The van der Waals surface area contributed by atoms with Crippen LogP contribution in [0.15, 0.2) is 46.9 Å². The number of hydrogen-bond acceptors (Lipinski definition) is 7. The molecule has 1 aliphatic carbocycles. The largest absolute Gasteiger partial charge is 0.424 e. The zero-order chi connectivity index (χ0) is 27.4. The fourth-order valence-electron chi connectivity index (χ4n) is 5.83. The molecule has 0 saturated heterocycles. The summed E-state index contributed by atoms with van der Waals surface area (Å²) < 4.78 is 43.6. The molecule has 1 fully saturated rings. The fourth-order valence-corrected chi connectivity index (χ4v) is 6.54. The summed E-state index contributed by atoms with van der Waals surface area (Å²) in [6.07, 6.45) is 8.56. The number of anilines is 2. The topological polar surface area (TPSA) is 105 Å². The van der Waals surface area contributed by atoms with E-state index in [9.17, 15) is 17.6 Å². The Balaban J connectivity index is 1.33. The number of nitrogens with zero attached hydrogens (tertiary/aromatic N) is 2. The second-order valence-electron chi connectivity index (χ2n) is 11.0. The predicted octanol–water partition coefficient (Wildman–Crippen LogP) is 4.70. The molecule has 8 nitrogen and oxygen atoms in total. The summed E-state index contributed by atoms with van der Waals surface area (Å²) in [6.45, 7) is 1.13. The maximum absolute atomic E-state index is 13.8. The van der Waals surface area contributed by atoms with E-state index in [1.165, 1.54) is 18.7 Å². The molecule has 2 N–H and O–H groups in total. The van der Waals surface area contributed by atoms with Crippen molar-refractivity contribution >= 4 is 38.5 Å². The Hall–Kier alpha value is -3.14. The van der Waals surface area contributed by atoms with E-state index < -0.39 is 21.9 Å². The Morgan fingerprint density at radius 1 is 1.18 bits per heavy atom. The summed E-state index contributed by atoms with van der Waals surface area (Å²) in [4.78, 5) is 20.4. The highest BCUT2D eigenvalue weighted by atomic mass is 32.2. The van der Waals surface area contributed by atoms with Crippen LogP contribution in [0.5, 0.6) is 0 Å². The SMILES string of the molecule is CS(=O)(=O)CCC(CN1CCc2cc(F)ccc21)NC(=O)C(CC1CCCCC1)Nc1nc2ccccc2o1. The van der Waals surface area contributed by atoms with E-state index in [0.29, 0.717) is 49.0 Å². The number of carbonyl (C=O) groups is 1. The van der Waals surface area contributed by atoms with E-state index in [2.05, 4.69) is 20.5 Å². The van der Waals surface area contributed by atoms with Gasteiger partial charge in [0.25, 0.3) is 6.01 Å². The highest BCUT2D eigenvalue weighted by molar-refractivity contribution is 7.90. The number of sulfone groups is 1. The van der Waals surface area contributed by atoms with Gasteiger partial charge in [-0.1, -0.05) is 44.2 Å². The van der Waals surface area contributed by atoms with Crippen molar-refractivity contribution < 1.29 is 22.0 Å². The molecule has 1 aromatic heterocycles. The molecule has 0 radical (unpaired) electrons. The number of nitrogens with one attached hydrogen (secondary N) is 2. The van der Waals surface area contributed by atoms with Gasteiger partial charge in [0.15, 0.2) is 5.58 Å². The highest BCUT2D eigenvalue weighted by Gasteiger charge is 2.30. The zero-order valence-corrected chi connectivity index (χ0v) is 23.2. The number of benzene rings is 2. The number of amides is 1. The Bertz CT molecular complexity index is 1370. The van der Waals surface area contributed by atoms with Crippen LogP contribution < -0.4 is 15.5 Å². The van der Waals surface area contributed by atoms with Crippen molar-refractivity contribution in [2.45, 2.75) is 63.5 Å². The van der Waals surface area contributed by atoms with Gasteiger partial charge in [-0.05, 0) is 61.1 Å². The first-order valence-corrected chi connectivity index (χ1v) is 15.9. The fraction of sp³-hybridized carbons (Fsp3) is 0.517. The first-order valence-electron chi connectivity index (χ1n) is 13.9. The average Bonchev–Trinajstić information content (AvgIpc) is 3.50. The third kappa shape index (κ3) is 7.29. The van der Waals surface area contributed by atoms with E-state index in [0.717, 1.165) is 36.9 Å². The summed E-state index contributed by atoms with van der Waals surface area (Å²) in [5.41, 5.74) is 3.22. The second-order valence-corrected chi connectivity index (χ2v) is 13.3. The van der Waals surface area contributed by atoms with Crippen LogP contribution in [0, 0.1) is 11.7 Å². The molecule has 1 saturated carbocycles. The number of aromatic nitrogens is 1. The molecule has 2 unspecified atom stereocenters. The summed E-state index contributed by atoms with van der Waals surface area (Å²) in [6, 6.07) is 11.5. The number of rotatable bonds is 11. The smallest absolute Gasteiger partial charge is 0.296 e. The molecule has 5 rings (SSSR count). The number of hydrogen-bond donors (Lipinski definition) is 2. The van der Waals surface area contributed by atoms with Crippen LogP contribution in [0.25, 0.3) is 11.1 Å². The molecule has 1 aliphatic heterocycles. The lowest BCUT2D eigenvalue weighted by molar-refractivity contribution is -0.123. The van der Waals surface area contributed by atoms with Crippen molar-refractivity contribution in [1.82, 2.24) is 10.3 Å². The normalized spacial score (nSPS) is 17.6. The van der Waals surface area contributed by atoms with Gasteiger partial charge in [-0.3, -0.25) is 4.79 Å². The average molecular weight is 557 g/mol. The predicted molar refractivity (Wildman–Crippen MR) is 151 cm³/mol. The third-order valence-corrected chi connectivity index (χ3v) is 8.84. The van der Waals surface area contributed by atoms with E-state index in [1.807, 2.05) is 24.3 Å². The van der Waals surface area contributed by atoms with Gasteiger partial charge in [0.2, 0.25) is 5.91 Å². The summed E-state index contributed by atoms with van der Waals surface area (Å²) in [5, 5.41) is 6.40. The van der Waals surface area contributed by atoms with Crippen molar-refractivity contribution in [2.24, 2.45) is 5.92 Å². The minimum Gasteiger partial charge on any atom is -0.424 e. The van der Waals surface area contributed by atoms with Gasteiger partial charge in [0.05, 0.1) is 5.75 Å². The molecule has 3 aromatic rings. The maximum Gasteiger partial charge on any atom is 0.296 e. The number of fused-ring (bicyclic) bond motifs is 2. The molecule has 2 aliphatic rings. The lowest BCUT2D eigenvalue weighted by Gasteiger charge is -2.30. The van der Waals surface area contributed by atoms with Crippen LogP contribution in [-0.4, -0.2) is 56.5 Å². The van der Waals surface area contributed by atoms with Crippen LogP contribution in [0.3, 0.4) is 0 Å². The van der Waals surface area contributed by atoms with Gasteiger partial charge in [-0.2, -0.15) is 4.98 Å². The molecular formula is C29H37FN4O4S. The number of carbonyl (C=O) groups excluding carboxylic acids is 1. The van der Waals surface area contributed by atoms with Crippen molar-refractivity contribution in [3.05, 3.63) is 53.8 Å². The molecule has 210 valence electrons. The van der Waals surface area contributed by atoms with Gasteiger partial charge in [0, 0.05) is 31.1 Å². The number of para-hydroxylation sites is 2. The van der Waals surface area contributed by atoms with Crippen molar-refractivity contribution in [3.8, 4) is 0 Å². The zero-order valence-electron chi connectivity index (χ0n) is 22.4. The van der Waals surface area contributed by atoms with Crippen LogP contribution in [0.1, 0.15) is 50.5 Å². The van der Waals surface area contributed by atoms with Gasteiger partial charge in [0.1, 0.15) is 27.2 Å². The summed E-state index contributed by atoms with van der Waals surface area (Å²) in [7, 11) is -3.22. The van der Waals surface area contributed by atoms with Crippen LogP contribution >= 0.6 is 0 Å². The van der Waals surface area contributed by atoms with Gasteiger partial charge < -0.3 is 20.0 Å². The van der Waals surface area contributed by atoms with Crippen molar-refractivity contribution in [3.63, 3.8) is 0 Å². The number of oxazole rings is 1. The Labute approximate surface area is 229 Å². The Morgan fingerprint density at radius 3 is 2.74 bits per heavy atom. The van der Waals surface area contributed by atoms with Crippen LogP contribution in [-0.2, 0) is 21.1 Å². The maximum atomic E-state index is 13.8. The minimum absolute atomic E-state index is 0.0338. The Morgan fingerprint density at radius 2 is 1.97 bits per heavy atom. The Kier molecular flexibility index (Phi) is 8.40. The lowest BCUT2D eigenvalue weighted by atomic mass is 9.84. The van der Waals surface area contributed by atoms with E-state index in [4.69, 9.17) is 4.42 Å². The summed E-state index contributed by atoms with van der Waals surface area (Å²) >= 11 is 0. The molecule has 2 atom stereocenters. The van der Waals surface area contributed by atoms with Crippen LogP contribution in [0.4, 0.5) is 16.1 Å². The van der Waals surface area contributed by atoms with Gasteiger partial charge in [-0.15, -0.1) is 0 Å². The highest BCUT2D eigenvalue weighted by Crippen LogP contribution is 2.30. The molecular weight excluding hydrogens is 519 g/mol. The van der Waals surface area contributed by atoms with Crippen molar-refractivity contribution in [1.29, 1.82) is 0 Å². The van der Waals surface area contributed by atoms with Gasteiger partial charge in [-0.25, -0.2) is 12.8 Å².